The molecule has 1 unspecified atom stereocenters. The molecule has 1 aliphatic carbocycles. The van der Waals surface area contributed by atoms with E-state index in [2.05, 4.69) is 51.1 Å². The van der Waals surface area contributed by atoms with Crippen LogP contribution in [-0.2, 0) is 29.0 Å². The van der Waals surface area contributed by atoms with Gasteiger partial charge < -0.3 is 4.74 Å². The fraction of sp³-hybridized carbons (Fsp3) is 0.222. The van der Waals surface area contributed by atoms with E-state index in [4.69, 9.17) is 4.74 Å². The lowest BCUT2D eigenvalue weighted by Gasteiger charge is -2.22. The third-order valence-corrected chi connectivity index (χ3v) is 8.11. The third kappa shape index (κ3) is 4.64. The van der Waals surface area contributed by atoms with Gasteiger partial charge in [-0.15, -0.1) is 0 Å². The molecule has 0 radical (unpaired) electrons. The Bertz CT molecular complexity index is 1710. The van der Waals surface area contributed by atoms with Crippen LogP contribution in [0.5, 0.6) is 0 Å². The normalized spacial score (nSPS) is 14.6. The predicted octanol–water partition coefficient (Wildman–Crippen LogP) is 7.77. The Balaban J connectivity index is 1.47. The molecule has 4 heteroatoms. The van der Waals surface area contributed by atoms with Gasteiger partial charge in [0.2, 0.25) is 0 Å². The molecule has 1 atom stereocenters. The zero-order valence-corrected chi connectivity index (χ0v) is 23.2. The highest BCUT2D eigenvalue weighted by Crippen LogP contribution is 2.41. The first-order valence-corrected chi connectivity index (χ1v) is 14.0. The summed E-state index contributed by atoms with van der Waals surface area (Å²) in [5, 5.41) is 1.04. The largest absolute Gasteiger partial charge is 0.461 e. The van der Waals surface area contributed by atoms with Crippen LogP contribution in [-0.4, -0.2) is 16.4 Å². The number of benzene rings is 4. The second-order valence-electron chi connectivity index (χ2n) is 10.9. The first-order chi connectivity index (χ1) is 19.4. The fourth-order valence-electron chi connectivity index (χ4n) is 6.39. The highest BCUT2D eigenvalue weighted by Gasteiger charge is 2.33. The van der Waals surface area contributed by atoms with E-state index in [1.165, 1.54) is 16.7 Å². The van der Waals surface area contributed by atoms with E-state index in [-0.39, 0.29) is 24.4 Å². The van der Waals surface area contributed by atoms with Gasteiger partial charge in [-0.3, -0.25) is 14.2 Å². The molecule has 0 saturated heterocycles. The Morgan fingerprint density at radius 3 is 2.23 bits per heavy atom. The van der Waals surface area contributed by atoms with E-state index in [0.717, 1.165) is 38.9 Å². The van der Waals surface area contributed by atoms with Crippen LogP contribution in [0.4, 0.5) is 0 Å². The average molecular weight is 528 g/mol. The van der Waals surface area contributed by atoms with E-state index in [0.29, 0.717) is 24.8 Å². The van der Waals surface area contributed by atoms with Crippen molar-refractivity contribution in [2.45, 2.75) is 46.6 Å². The molecule has 0 amide bonds. The molecule has 0 saturated carbocycles. The average Bonchev–Trinajstić information content (AvgIpc) is 3.30. The highest BCUT2D eigenvalue weighted by molar-refractivity contribution is 6.09. The second kappa shape index (κ2) is 10.6. The molecular weight excluding hydrogens is 494 g/mol. The number of carbonyl (C=O) groups excluding carboxylic acids is 2. The number of hydrogen-bond acceptors (Lipinski definition) is 3. The van der Waals surface area contributed by atoms with Crippen LogP contribution in [0.2, 0.25) is 0 Å². The summed E-state index contributed by atoms with van der Waals surface area (Å²) in [4.78, 5) is 27.3. The maximum atomic E-state index is 14.1. The van der Waals surface area contributed by atoms with Crippen LogP contribution in [0.1, 0.15) is 50.3 Å². The van der Waals surface area contributed by atoms with E-state index >= 15 is 0 Å². The lowest BCUT2D eigenvalue weighted by molar-refractivity contribution is -0.150. The van der Waals surface area contributed by atoms with Crippen molar-refractivity contribution >= 4 is 22.8 Å². The van der Waals surface area contributed by atoms with Crippen molar-refractivity contribution in [3.8, 4) is 11.1 Å². The number of fused-ring (bicyclic) bond motifs is 3. The highest BCUT2D eigenvalue weighted by atomic mass is 16.5. The van der Waals surface area contributed by atoms with Crippen molar-refractivity contribution in [2.75, 3.05) is 0 Å². The number of hydrogen-bond donors (Lipinski definition) is 0. The van der Waals surface area contributed by atoms with Crippen molar-refractivity contribution in [3.05, 3.63) is 130 Å². The molecule has 4 aromatic carbocycles. The standard InChI is InChI=1S/C36H33NO3/c1-23-19-24(2)33(25(3)20-23)30-16-10-15-29-31-21-28(36(39)40-22-26-11-6-4-7-12-26)17-18-32(31)37(34(29)30)35(38)27-13-8-5-9-14-27/h4-16,19-20,28H,17-18,21-22H2,1-3H3. The summed E-state index contributed by atoms with van der Waals surface area (Å²) in [6, 6.07) is 30.0. The monoisotopic (exact) mass is 527 g/mol. The first-order valence-electron chi connectivity index (χ1n) is 14.0. The van der Waals surface area contributed by atoms with Gasteiger partial charge in [-0.1, -0.05) is 84.4 Å². The number of aromatic nitrogens is 1. The summed E-state index contributed by atoms with van der Waals surface area (Å²) in [6.45, 7) is 6.66. The van der Waals surface area contributed by atoms with Gasteiger partial charge in [-0.05, 0) is 80.0 Å². The molecule has 6 rings (SSSR count). The van der Waals surface area contributed by atoms with Gasteiger partial charge in [0, 0.05) is 22.2 Å². The van der Waals surface area contributed by atoms with Crippen LogP contribution < -0.4 is 0 Å². The molecule has 0 fully saturated rings. The van der Waals surface area contributed by atoms with Gasteiger partial charge in [0.25, 0.3) is 5.91 Å². The van der Waals surface area contributed by atoms with Crippen LogP contribution >= 0.6 is 0 Å². The molecule has 0 bridgehead atoms. The number of esters is 1. The number of carbonyl (C=O) groups is 2. The number of rotatable bonds is 5. The lowest BCUT2D eigenvalue weighted by atomic mass is 9.85. The van der Waals surface area contributed by atoms with Crippen molar-refractivity contribution in [2.24, 2.45) is 5.92 Å². The van der Waals surface area contributed by atoms with Crippen molar-refractivity contribution in [1.29, 1.82) is 0 Å². The minimum absolute atomic E-state index is 0.0354. The second-order valence-corrected chi connectivity index (χ2v) is 10.9. The van der Waals surface area contributed by atoms with Gasteiger partial charge in [0.15, 0.2) is 0 Å². The van der Waals surface area contributed by atoms with Crippen molar-refractivity contribution < 1.29 is 14.3 Å². The summed E-state index contributed by atoms with van der Waals surface area (Å²) >= 11 is 0. The molecule has 0 spiro atoms. The summed E-state index contributed by atoms with van der Waals surface area (Å²) in [5.74, 6) is -0.452. The molecule has 5 aromatic rings. The minimum atomic E-state index is -0.242. The summed E-state index contributed by atoms with van der Waals surface area (Å²) in [6.07, 6.45) is 1.85. The fourth-order valence-corrected chi connectivity index (χ4v) is 6.39. The van der Waals surface area contributed by atoms with E-state index in [9.17, 15) is 9.59 Å². The summed E-state index contributed by atoms with van der Waals surface area (Å²) < 4.78 is 7.67. The van der Waals surface area contributed by atoms with Gasteiger partial charge in [0.05, 0.1) is 11.4 Å². The molecule has 1 aromatic heterocycles. The Morgan fingerprint density at radius 2 is 1.52 bits per heavy atom. The van der Waals surface area contributed by atoms with Gasteiger partial charge in [-0.2, -0.15) is 0 Å². The molecule has 1 aliphatic rings. The van der Waals surface area contributed by atoms with E-state index in [1.807, 2.05) is 65.2 Å². The number of para-hydroxylation sites is 1. The van der Waals surface area contributed by atoms with Crippen LogP contribution in [0.3, 0.4) is 0 Å². The quantitative estimate of drug-likeness (QED) is 0.219. The molecule has 0 aliphatic heterocycles. The van der Waals surface area contributed by atoms with Crippen LogP contribution in [0.25, 0.3) is 22.0 Å². The number of nitrogens with zero attached hydrogens (tertiary/aromatic N) is 1. The molecule has 200 valence electrons. The Hall–Kier alpha value is -4.44. The van der Waals surface area contributed by atoms with Gasteiger partial charge in [-0.25, -0.2) is 0 Å². The van der Waals surface area contributed by atoms with E-state index in [1.54, 1.807) is 0 Å². The molecular formula is C36H33NO3. The Labute approximate surface area is 235 Å². The Kier molecular flexibility index (Phi) is 6.85. The zero-order valence-electron chi connectivity index (χ0n) is 23.2. The molecule has 4 nitrogen and oxygen atoms in total. The molecule has 1 heterocycles. The predicted molar refractivity (Wildman–Crippen MR) is 160 cm³/mol. The maximum absolute atomic E-state index is 14.1. The minimum Gasteiger partial charge on any atom is -0.461 e. The molecule has 0 N–H and O–H groups in total. The first kappa shape index (κ1) is 25.8. The van der Waals surface area contributed by atoms with Crippen LogP contribution in [0.15, 0.2) is 91.0 Å². The van der Waals surface area contributed by atoms with Crippen molar-refractivity contribution in [3.63, 3.8) is 0 Å². The smallest absolute Gasteiger partial charge is 0.309 e. The topological polar surface area (TPSA) is 48.3 Å². The SMILES string of the molecule is Cc1cc(C)c(-c2cccc3c4c(n(C(=O)c5ccccc5)c23)CCC(C(=O)OCc2ccccc2)C4)c(C)c1. The Morgan fingerprint density at radius 1 is 0.850 bits per heavy atom. The zero-order chi connectivity index (χ0) is 27.8. The van der Waals surface area contributed by atoms with Gasteiger partial charge in [0.1, 0.15) is 6.61 Å². The van der Waals surface area contributed by atoms with Crippen LogP contribution in [0, 0.1) is 26.7 Å². The summed E-state index contributed by atoms with van der Waals surface area (Å²) in [7, 11) is 0. The third-order valence-electron chi connectivity index (χ3n) is 8.11. The summed E-state index contributed by atoms with van der Waals surface area (Å²) in [5.41, 5.74) is 10.4. The molecule has 40 heavy (non-hydrogen) atoms. The lowest BCUT2D eigenvalue weighted by Crippen LogP contribution is -2.26. The number of aryl methyl sites for hydroxylation is 3. The van der Waals surface area contributed by atoms with Gasteiger partial charge >= 0.3 is 5.97 Å². The maximum Gasteiger partial charge on any atom is 0.309 e. The number of ether oxygens (including phenoxy) is 1. The van der Waals surface area contributed by atoms with E-state index < -0.39 is 0 Å². The van der Waals surface area contributed by atoms with Crippen molar-refractivity contribution in [1.82, 2.24) is 4.57 Å².